The number of alkyl halides is 2. The second-order valence-corrected chi connectivity index (χ2v) is 6.01. The quantitative estimate of drug-likeness (QED) is 0.929. The Labute approximate surface area is 130 Å². The van der Waals surface area contributed by atoms with Gasteiger partial charge in [0.25, 0.3) is 5.92 Å². The summed E-state index contributed by atoms with van der Waals surface area (Å²) >= 11 is 0. The molecule has 2 fully saturated rings. The number of anilines is 1. The van der Waals surface area contributed by atoms with Crippen molar-refractivity contribution in [3.63, 3.8) is 0 Å². The fraction of sp³-hybridized carbons (Fsp3) is 0.400. The van der Waals surface area contributed by atoms with E-state index in [0.717, 1.165) is 0 Å². The topological polar surface area (TPSA) is 71.2 Å². The molecule has 2 aromatic heterocycles. The highest BCUT2D eigenvalue weighted by molar-refractivity contribution is 5.87. The standard InChI is InChI=1S/C15H14F2N4O2/c16-15(17)10-6-21(7-11(10)15)12-2-1-9(13(19-12)14(22)23)5-20-4-3-18-8-20/h1-4,8,10-11H,5-7H2,(H,22,23). The zero-order valence-electron chi connectivity index (χ0n) is 12.1. The fourth-order valence-electron chi connectivity index (χ4n) is 3.24. The van der Waals surface area contributed by atoms with Crippen LogP contribution in [0.3, 0.4) is 0 Å². The van der Waals surface area contributed by atoms with E-state index in [1.807, 2.05) is 0 Å². The van der Waals surface area contributed by atoms with Crippen molar-refractivity contribution in [1.29, 1.82) is 0 Å². The number of pyridine rings is 1. The molecular formula is C15H14F2N4O2. The predicted molar refractivity (Wildman–Crippen MR) is 76.7 cm³/mol. The van der Waals surface area contributed by atoms with Gasteiger partial charge in [-0.25, -0.2) is 23.5 Å². The smallest absolute Gasteiger partial charge is 0.354 e. The third-order valence-electron chi connectivity index (χ3n) is 4.60. The summed E-state index contributed by atoms with van der Waals surface area (Å²) in [6, 6.07) is 3.38. The number of aromatic carboxylic acids is 1. The summed E-state index contributed by atoms with van der Waals surface area (Å²) < 4.78 is 28.3. The van der Waals surface area contributed by atoms with Gasteiger partial charge in [0.1, 0.15) is 5.82 Å². The largest absolute Gasteiger partial charge is 0.476 e. The van der Waals surface area contributed by atoms with Gasteiger partial charge in [0.05, 0.1) is 24.7 Å². The number of carboxylic acid groups (broad SMARTS) is 1. The first-order chi connectivity index (χ1) is 11.0. The van der Waals surface area contributed by atoms with Gasteiger partial charge >= 0.3 is 5.97 Å². The van der Waals surface area contributed by atoms with E-state index in [-0.39, 0.29) is 18.8 Å². The fourth-order valence-corrected chi connectivity index (χ4v) is 3.24. The summed E-state index contributed by atoms with van der Waals surface area (Å²) in [4.78, 5) is 21.3. The number of piperidine rings is 1. The van der Waals surface area contributed by atoms with Crippen molar-refractivity contribution in [3.8, 4) is 0 Å². The van der Waals surface area contributed by atoms with Crippen LogP contribution in [0, 0.1) is 11.8 Å². The second kappa shape index (κ2) is 4.74. The number of rotatable bonds is 4. The van der Waals surface area contributed by atoms with E-state index in [2.05, 4.69) is 9.97 Å². The van der Waals surface area contributed by atoms with E-state index in [0.29, 0.717) is 17.9 Å². The highest BCUT2D eigenvalue weighted by Gasteiger charge is 2.71. The third kappa shape index (κ3) is 2.25. The van der Waals surface area contributed by atoms with Crippen LogP contribution in [0.4, 0.5) is 14.6 Å². The molecule has 4 rings (SSSR count). The number of halogens is 2. The van der Waals surface area contributed by atoms with Crippen LogP contribution >= 0.6 is 0 Å². The summed E-state index contributed by atoms with van der Waals surface area (Å²) in [7, 11) is 0. The Morgan fingerprint density at radius 1 is 1.35 bits per heavy atom. The predicted octanol–water partition coefficient (Wildman–Crippen LogP) is 1.73. The van der Waals surface area contributed by atoms with Crippen molar-refractivity contribution in [3.05, 3.63) is 42.1 Å². The van der Waals surface area contributed by atoms with Crippen LogP contribution < -0.4 is 4.90 Å². The number of hydrogen-bond donors (Lipinski definition) is 1. The Hall–Kier alpha value is -2.51. The molecule has 1 aliphatic heterocycles. The molecule has 6 nitrogen and oxygen atoms in total. The van der Waals surface area contributed by atoms with Crippen LogP contribution in [0.1, 0.15) is 16.1 Å². The Morgan fingerprint density at radius 2 is 2.09 bits per heavy atom. The molecule has 3 heterocycles. The van der Waals surface area contributed by atoms with E-state index in [9.17, 15) is 18.7 Å². The van der Waals surface area contributed by atoms with E-state index < -0.39 is 23.7 Å². The maximum absolute atomic E-state index is 13.3. The number of aromatic nitrogens is 3. The van der Waals surface area contributed by atoms with Crippen LogP contribution in [0.25, 0.3) is 0 Å². The highest BCUT2D eigenvalue weighted by Crippen LogP contribution is 2.59. The molecule has 0 aromatic carbocycles. The van der Waals surface area contributed by atoms with Gasteiger partial charge in [0.2, 0.25) is 0 Å². The van der Waals surface area contributed by atoms with Gasteiger partial charge in [-0.2, -0.15) is 0 Å². The van der Waals surface area contributed by atoms with Crippen LogP contribution in [0.2, 0.25) is 0 Å². The minimum absolute atomic E-state index is 0.0523. The molecular weight excluding hydrogens is 306 g/mol. The summed E-state index contributed by atoms with van der Waals surface area (Å²) in [6.07, 6.45) is 4.93. The highest BCUT2D eigenvalue weighted by atomic mass is 19.3. The molecule has 2 atom stereocenters. The van der Waals surface area contributed by atoms with Gasteiger partial charge in [-0.3, -0.25) is 0 Å². The Bertz CT molecular complexity index is 749. The van der Waals surface area contributed by atoms with Gasteiger partial charge < -0.3 is 14.6 Å². The lowest BCUT2D eigenvalue weighted by Gasteiger charge is -2.21. The molecule has 1 N–H and O–H groups in total. The number of carboxylic acids is 1. The minimum atomic E-state index is -2.56. The first-order valence-corrected chi connectivity index (χ1v) is 7.28. The zero-order valence-corrected chi connectivity index (χ0v) is 12.1. The molecule has 23 heavy (non-hydrogen) atoms. The second-order valence-electron chi connectivity index (χ2n) is 6.01. The number of nitrogens with zero attached hydrogens (tertiary/aromatic N) is 4. The van der Waals surface area contributed by atoms with Crippen molar-refractivity contribution >= 4 is 11.8 Å². The number of imidazole rings is 1. The third-order valence-corrected chi connectivity index (χ3v) is 4.60. The SMILES string of the molecule is O=C(O)c1nc(N2CC3C(C2)C3(F)F)ccc1Cn1ccnc1. The van der Waals surface area contributed by atoms with Gasteiger partial charge in [-0.05, 0) is 6.07 Å². The maximum Gasteiger partial charge on any atom is 0.354 e. The summed E-state index contributed by atoms with van der Waals surface area (Å²) in [6.45, 7) is 0.799. The molecule has 0 spiro atoms. The van der Waals surface area contributed by atoms with Crippen LogP contribution in [0.15, 0.2) is 30.9 Å². The number of hydrogen-bond acceptors (Lipinski definition) is 4. The molecule has 2 aliphatic rings. The van der Waals surface area contributed by atoms with Gasteiger partial charge in [0.15, 0.2) is 5.69 Å². The zero-order chi connectivity index (χ0) is 16.2. The molecule has 1 aliphatic carbocycles. The molecule has 2 unspecified atom stereocenters. The molecule has 0 bridgehead atoms. The lowest BCUT2D eigenvalue weighted by atomic mass is 10.2. The number of fused-ring (bicyclic) bond motifs is 1. The normalized spacial score (nSPS) is 24.5. The van der Waals surface area contributed by atoms with Gasteiger partial charge in [-0.1, -0.05) is 6.07 Å². The lowest BCUT2D eigenvalue weighted by Crippen LogP contribution is -2.28. The average Bonchev–Trinajstić information content (AvgIpc) is 3.00. The number of carbonyl (C=O) groups is 1. The van der Waals surface area contributed by atoms with Crippen LogP contribution in [-0.4, -0.2) is 44.6 Å². The summed E-state index contributed by atoms with van der Waals surface area (Å²) in [5.41, 5.74) is 0.498. The molecule has 2 aromatic rings. The van der Waals surface area contributed by atoms with Crippen molar-refractivity contribution in [2.24, 2.45) is 11.8 Å². The van der Waals surface area contributed by atoms with Gasteiger partial charge in [-0.15, -0.1) is 0 Å². The summed E-state index contributed by atoms with van der Waals surface area (Å²) in [5, 5.41) is 9.38. The van der Waals surface area contributed by atoms with Crippen molar-refractivity contribution < 1.29 is 18.7 Å². The molecule has 1 saturated carbocycles. The summed E-state index contributed by atoms with van der Waals surface area (Å²) in [5.74, 6) is -4.49. The Kier molecular flexibility index (Phi) is 2.91. The monoisotopic (exact) mass is 320 g/mol. The van der Waals surface area contributed by atoms with Crippen molar-refractivity contribution in [2.45, 2.75) is 12.5 Å². The lowest BCUT2D eigenvalue weighted by molar-refractivity contribution is 0.0687. The van der Waals surface area contributed by atoms with Crippen molar-refractivity contribution in [2.75, 3.05) is 18.0 Å². The molecule has 1 saturated heterocycles. The minimum Gasteiger partial charge on any atom is -0.476 e. The Morgan fingerprint density at radius 3 is 2.70 bits per heavy atom. The molecule has 0 amide bonds. The first kappa shape index (κ1) is 14.1. The first-order valence-electron chi connectivity index (χ1n) is 7.28. The van der Waals surface area contributed by atoms with E-state index in [1.54, 1.807) is 40.3 Å². The maximum atomic E-state index is 13.3. The van der Waals surface area contributed by atoms with Crippen molar-refractivity contribution in [1.82, 2.24) is 14.5 Å². The molecule has 120 valence electrons. The Balaban J connectivity index is 1.58. The molecule has 8 heteroatoms. The van der Waals surface area contributed by atoms with Gasteiger partial charge in [0, 0.05) is 31.0 Å². The van der Waals surface area contributed by atoms with E-state index in [1.165, 1.54) is 0 Å². The molecule has 0 radical (unpaired) electrons. The van der Waals surface area contributed by atoms with Crippen LogP contribution in [-0.2, 0) is 6.54 Å². The van der Waals surface area contributed by atoms with Crippen LogP contribution in [0.5, 0.6) is 0 Å². The van der Waals surface area contributed by atoms with E-state index >= 15 is 0 Å². The van der Waals surface area contributed by atoms with E-state index in [4.69, 9.17) is 0 Å². The average molecular weight is 320 g/mol.